The molecule has 1 N–H and O–H groups in total. The van der Waals surface area contributed by atoms with Crippen molar-refractivity contribution in [2.45, 2.75) is 39.4 Å². The molecule has 32 heavy (non-hydrogen) atoms. The van der Waals surface area contributed by atoms with E-state index in [9.17, 15) is 4.79 Å². The summed E-state index contributed by atoms with van der Waals surface area (Å²) in [7, 11) is 0. The van der Waals surface area contributed by atoms with Crippen LogP contribution in [0.5, 0.6) is 0 Å². The van der Waals surface area contributed by atoms with Crippen molar-refractivity contribution in [1.29, 1.82) is 0 Å². The lowest BCUT2D eigenvalue weighted by Gasteiger charge is -2.09. The van der Waals surface area contributed by atoms with Crippen molar-refractivity contribution >= 4 is 34.1 Å². The first-order valence-corrected chi connectivity index (χ1v) is 12.3. The largest absolute Gasteiger partial charge is 0.302 e. The highest BCUT2D eigenvalue weighted by atomic mass is 32.2. The summed E-state index contributed by atoms with van der Waals surface area (Å²) in [6.45, 7) is 9.02. The van der Waals surface area contributed by atoms with E-state index in [0.29, 0.717) is 5.13 Å². The van der Waals surface area contributed by atoms with Gasteiger partial charge in [-0.15, -0.1) is 21.5 Å². The maximum atomic E-state index is 12.5. The van der Waals surface area contributed by atoms with Gasteiger partial charge in [-0.05, 0) is 50.5 Å². The summed E-state index contributed by atoms with van der Waals surface area (Å²) in [5, 5.41) is 14.9. The van der Waals surface area contributed by atoms with Crippen molar-refractivity contribution in [3.05, 3.63) is 64.5 Å². The predicted molar refractivity (Wildman–Crippen MR) is 132 cm³/mol. The Bertz CT molecular complexity index is 1260. The second kappa shape index (κ2) is 9.67. The Morgan fingerprint density at radius 1 is 1.06 bits per heavy atom. The predicted octanol–water partition coefficient (Wildman–Crippen LogP) is 5.74. The third-order valence-electron chi connectivity index (χ3n) is 5.30. The van der Waals surface area contributed by atoms with Crippen LogP contribution in [-0.2, 0) is 11.3 Å². The standard InChI is InChI=1S/C24H25N5OS2/c1-5-29-22(19-9-7-6-8-16(19)3)27-28-24(29)32-14-21(30)26-23-25-20(13-31-23)18-11-10-15(2)17(4)12-18/h6-13H,5,14H2,1-4H3,(H,25,26,30). The fourth-order valence-electron chi connectivity index (χ4n) is 3.35. The Kier molecular flexibility index (Phi) is 6.72. The molecule has 164 valence electrons. The summed E-state index contributed by atoms with van der Waals surface area (Å²) < 4.78 is 2.04. The Morgan fingerprint density at radius 2 is 1.88 bits per heavy atom. The van der Waals surface area contributed by atoms with Gasteiger partial charge in [-0.25, -0.2) is 4.98 Å². The monoisotopic (exact) mass is 463 g/mol. The molecule has 6 nitrogen and oxygen atoms in total. The number of benzene rings is 2. The summed E-state index contributed by atoms with van der Waals surface area (Å²) in [5.41, 5.74) is 6.60. The number of hydrogen-bond acceptors (Lipinski definition) is 6. The molecule has 0 aliphatic heterocycles. The molecule has 0 saturated carbocycles. The van der Waals surface area contributed by atoms with Gasteiger partial charge < -0.3 is 9.88 Å². The Morgan fingerprint density at radius 3 is 2.62 bits per heavy atom. The second-order valence-electron chi connectivity index (χ2n) is 7.54. The quantitative estimate of drug-likeness (QED) is 0.354. The molecule has 2 aromatic carbocycles. The highest BCUT2D eigenvalue weighted by Crippen LogP contribution is 2.28. The molecule has 0 spiro atoms. The minimum absolute atomic E-state index is 0.112. The van der Waals surface area contributed by atoms with E-state index in [1.54, 1.807) is 0 Å². The summed E-state index contributed by atoms with van der Waals surface area (Å²) >= 11 is 2.81. The average Bonchev–Trinajstić information content (AvgIpc) is 3.41. The number of anilines is 1. The highest BCUT2D eigenvalue weighted by Gasteiger charge is 2.16. The third-order valence-corrected chi connectivity index (χ3v) is 7.03. The van der Waals surface area contributed by atoms with Gasteiger partial charge in [0.05, 0.1) is 11.4 Å². The van der Waals surface area contributed by atoms with E-state index in [-0.39, 0.29) is 11.7 Å². The van der Waals surface area contributed by atoms with Gasteiger partial charge in [0.25, 0.3) is 0 Å². The van der Waals surface area contributed by atoms with Crippen molar-refractivity contribution in [2.24, 2.45) is 0 Å². The van der Waals surface area contributed by atoms with Gasteiger partial charge in [-0.3, -0.25) is 4.79 Å². The smallest absolute Gasteiger partial charge is 0.236 e. The summed E-state index contributed by atoms with van der Waals surface area (Å²) in [4.78, 5) is 17.1. The van der Waals surface area contributed by atoms with Gasteiger partial charge in [0.15, 0.2) is 16.1 Å². The van der Waals surface area contributed by atoms with Crippen LogP contribution in [0.25, 0.3) is 22.6 Å². The average molecular weight is 464 g/mol. The van der Waals surface area contributed by atoms with Crippen LogP contribution >= 0.6 is 23.1 Å². The number of nitrogens with zero attached hydrogens (tertiary/aromatic N) is 4. The molecule has 0 fully saturated rings. The van der Waals surface area contributed by atoms with Crippen LogP contribution in [0.1, 0.15) is 23.6 Å². The zero-order chi connectivity index (χ0) is 22.7. The number of carbonyl (C=O) groups is 1. The molecule has 8 heteroatoms. The summed E-state index contributed by atoms with van der Waals surface area (Å²) in [5.74, 6) is 0.954. The van der Waals surface area contributed by atoms with E-state index in [2.05, 4.69) is 72.5 Å². The third kappa shape index (κ3) is 4.76. The van der Waals surface area contributed by atoms with Gasteiger partial charge in [-0.1, -0.05) is 48.2 Å². The van der Waals surface area contributed by atoms with Gasteiger partial charge in [0, 0.05) is 23.1 Å². The van der Waals surface area contributed by atoms with E-state index in [1.807, 2.05) is 28.1 Å². The van der Waals surface area contributed by atoms with E-state index in [1.165, 1.54) is 34.2 Å². The first kappa shape index (κ1) is 22.2. The lowest BCUT2D eigenvalue weighted by molar-refractivity contribution is -0.113. The molecule has 2 aromatic heterocycles. The minimum Gasteiger partial charge on any atom is -0.302 e. The Hall–Kier alpha value is -2.97. The molecule has 4 aromatic rings. The van der Waals surface area contributed by atoms with Crippen LogP contribution < -0.4 is 5.32 Å². The summed E-state index contributed by atoms with van der Waals surface area (Å²) in [6, 6.07) is 14.4. The van der Waals surface area contributed by atoms with Crippen molar-refractivity contribution in [3.8, 4) is 22.6 Å². The number of hydrogen-bond donors (Lipinski definition) is 1. The SMILES string of the molecule is CCn1c(SCC(=O)Nc2nc(-c3ccc(C)c(C)c3)cs2)nnc1-c1ccccc1C. The van der Waals surface area contributed by atoms with Gasteiger partial charge in [-0.2, -0.15) is 0 Å². The number of thiazole rings is 1. The number of aromatic nitrogens is 4. The minimum atomic E-state index is -0.112. The molecular formula is C24H25N5OS2. The van der Waals surface area contributed by atoms with Crippen LogP contribution in [0.3, 0.4) is 0 Å². The normalized spacial score (nSPS) is 11.0. The fourth-order valence-corrected chi connectivity index (χ4v) is 4.89. The maximum Gasteiger partial charge on any atom is 0.236 e. The Balaban J connectivity index is 1.41. The fraction of sp³-hybridized carbons (Fsp3) is 0.250. The highest BCUT2D eigenvalue weighted by molar-refractivity contribution is 7.99. The molecule has 0 aliphatic rings. The molecule has 0 unspecified atom stereocenters. The molecule has 2 heterocycles. The first-order chi connectivity index (χ1) is 15.5. The second-order valence-corrected chi connectivity index (χ2v) is 9.34. The van der Waals surface area contributed by atoms with Crippen LogP contribution in [0.2, 0.25) is 0 Å². The lowest BCUT2D eigenvalue weighted by atomic mass is 10.1. The summed E-state index contributed by atoms with van der Waals surface area (Å²) in [6.07, 6.45) is 0. The van der Waals surface area contributed by atoms with Crippen molar-refractivity contribution in [2.75, 3.05) is 11.1 Å². The van der Waals surface area contributed by atoms with E-state index < -0.39 is 0 Å². The van der Waals surface area contributed by atoms with Crippen molar-refractivity contribution in [1.82, 2.24) is 19.7 Å². The first-order valence-electron chi connectivity index (χ1n) is 10.4. The van der Waals surface area contributed by atoms with Crippen LogP contribution in [0.4, 0.5) is 5.13 Å². The van der Waals surface area contributed by atoms with Gasteiger partial charge in [0.2, 0.25) is 5.91 Å². The van der Waals surface area contributed by atoms with Gasteiger partial charge in [0.1, 0.15) is 0 Å². The molecule has 4 rings (SSSR count). The Labute approximate surface area is 196 Å². The molecular weight excluding hydrogens is 438 g/mol. The van der Waals surface area contributed by atoms with Crippen LogP contribution in [0.15, 0.2) is 53.0 Å². The van der Waals surface area contributed by atoms with Crippen LogP contribution in [-0.4, -0.2) is 31.4 Å². The zero-order valence-corrected chi connectivity index (χ0v) is 20.2. The molecule has 0 atom stereocenters. The number of thioether (sulfide) groups is 1. The number of amides is 1. The molecule has 0 saturated heterocycles. The maximum absolute atomic E-state index is 12.5. The topological polar surface area (TPSA) is 72.7 Å². The molecule has 0 aliphatic carbocycles. The van der Waals surface area contributed by atoms with Crippen molar-refractivity contribution in [3.63, 3.8) is 0 Å². The van der Waals surface area contributed by atoms with E-state index in [0.717, 1.165) is 39.9 Å². The van der Waals surface area contributed by atoms with Crippen molar-refractivity contribution < 1.29 is 4.79 Å². The number of rotatable bonds is 7. The number of aryl methyl sites for hydroxylation is 3. The zero-order valence-electron chi connectivity index (χ0n) is 18.5. The molecule has 1 amide bonds. The lowest BCUT2D eigenvalue weighted by Crippen LogP contribution is -2.14. The van der Waals surface area contributed by atoms with Gasteiger partial charge >= 0.3 is 0 Å². The molecule has 0 radical (unpaired) electrons. The van der Waals surface area contributed by atoms with E-state index in [4.69, 9.17) is 0 Å². The molecule has 0 bridgehead atoms. The number of carbonyl (C=O) groups excluding carboxylic acids is 1. The number of nitrogens with one attached hydrogen (secondary N) is 1. The van der Waals surface area contributed by atoms with Crippen LogP contribution in [0, 0.1) is 20.8 Å². The van der Waals surface area contributed by atoms with E-state index >= 15 is 0 Å².